The minimum absolute atomic E-state index is 0.0192. The summed E-state index contributed by atoms with van der Waals surface area (Å²) in [5.41, 5.74) is 1.77. The molecule has 3 aromatic heterocycles. The number of ether oxygens (including phenoxy) is 1. The molecular weight excluding hydrogens is 294 g/mol. The van der Waals surface area contributed by atoms with Crippen molar-refractivity contribution in [1.82, 2.24) is 14.5 Å². The molecule has 0 radical (unpaired) electrons. The molecule has 0 amide bonds. The molecule has 1 atom stereocenters. The van der Waals surface area contributed by atoms with Crippen molar-refractivity contribution >= 4 is 34.1 Å². The molecule has 0 bridgehead atoms. The number of thiophene rings is 1. The Morgan fingerprint density at radius 3 is 3.05 bits per heavy atom. The number of imidazole rings is 1. The molecule has 4 nitrogen and oxygen atoms in total. The first-order valence-corrected chi connectivity index (χ1v) is 7.72. The third-order valence-electron chi connectivity index (χ3n) is 3.44. The van der Waals surface area contributed by atoms with Gasteiger partial charge in [0.25, 0.3) is 0 Å². The monoisotopic (exact) mass is 305 g/mol. The first-order chi connectivity index (χ1) is 9.83. The van der Waals surface area contributed by atoms with Crippen molar-refractivity contribution in [1.29, 1.82) is 0 Å². The number of fused-ring (bicyclic) bond motifs is 1. The number of rotatable bonds is 2. The van der Waals surface area contributed by atoms with Crippen molar-refractivity contribution in [3.05, 3.63) is 34.8 Å². The van der Waals surface area contributed by atoms with Gasteiger partial charge < -0.3 is 4.74 Å². The molecule has 0 aliphatic carbocycles. The molecule has 1 saturated heterocycles. The summed E-state index contributed by atoms with van der Waals surface area (Å²) < 4.78 is 8.69. The van der Waals surface area contributed by atoms with E-state index < -0.39 is 0 Å². The van der Waals surface area contributed by atoms with Crippen LogP contribution >= 0.6 is 22.9 Å². The molecule has 1 unspecified atom stereocenters. The van der Waals surface area contributed by atoms with Crippen molar-refractivity contribution in [2.24, 2.45) is 0 Å². The van der Waals surface area contributed by atoms with Gasteiger partial charge in [-0.05, 0) is 37.1 Å². The minimum atomic E-state index is 0.0192. The second-order valence-electron chi connectivity index (χ2n) is 4.72. The van der Waals surface area contributed by atoms with E-state index in [2.05, 4.69) is 9.55 Å². The largest absolute Gasteiger partial charge is 0.358 e. The zero-order chi connectivity index (χ0) is 13.5. The van der Waals surface area contributed by atoms with Gasteiger partial charge in [-0.2, -0.15) is 0 Å². The van der Waals surface area contributed by atoms with Gasteiger partial charge in [-0.25, -0.2) is 9.97 Å². The van der Waals surface area contributed by atoms with E-state index in [1.165, 1.54) is 11.3 Å². The minimum Gasteiger partial charge on any atom is -0.358 e. The fraction of sp³-hybridized carbons (Fsp3) is 0.286. The predicted molar refractivity (Wildman–Crippen MR) is 80.1 cm³/mol. The molecule has 0 saturated carbocycles. The van der Waals surface area contributed by atoms with Gasteiger partial charge in [0.15, 0.2) is 11.5 Å². The topological polar surface area (TPSA) is 39.9 Å². The lowest BCUT2D eigenvalue weighted by atomic mass is 10.3. The number of pyridine rings is 1. The van der Waals surface area contributed by atoms with Crippen LogP contribution in [0.5, 0.6) is 0 Å². The zero-order valence-electron chi connectivity index (χ0n) is 10.6. The normalized spacial score (nSPS) is 18.9. The van der Waals surface area contributed by atoms with Gasteiger partial charge in [0, 0.05) is 12.8 Å². The fourth-order valence-corrected chi connectivity index (χ4v) is 3.60. The highest BCUT2D eigenvalue weighted by Crippen LogP contribution is 2.36. The molecule has 1 aliphatic rings. The summed E-state index contributed by atoms with van der Waals surface area (Å²) in [6.45, 7) is 0.793. The van der Waals surface area contributed by atoms with Crippen molar-refractivity contribution < 1.29 is 4.74 Å². The lowest BCUT2D eigenvalue weighted by molar-refractivity contribution is 0.0606. The first-order valence-electron chi connectivity index (χ1n) is 6.53. The number of halogens is 1. The molecule has 1 aliphatic heterocycles. The van der Waals surface area contributed by atoms with Gasteiger partial charge >= 0.3 is 0 Å². The predicted octanol–water partition coefficient (Wildman–Crippen LogP) is 4.12. The Morgan fingerprint density at radius 1 is 1.35 bits per heavy atom. The summed E-state index contributed by atoms with van der Waals surface area (Å²) in [6.07, 6.45) is 3.88. The Bertz CT molecular complexity index is 761. The molecular formula is C14H12ClN3OS. The molecule has 0 spiro atoms. The third kappa shape index (κ3) is 1.93. The average Bonchev–Trinajstić information content (AvgIpc) is 3.15. The second-order valence-corrected chi connectivity index (χ2v) is 6.44. The maximum Gasteiger partial charge on any atom is 0.162 e. The Balaban J connectivity index is 1.96. The van der Waals surface area contributed by atoms with Crippen LogP contribution < -0.4 is 0 Å². The smallest absolute Gasteiger partial charge is 0.162 e. The van der Waals surface area contributed by atoms with Crippen LogP contribution in [0.3, 0.4) is 0 Å². The Morgan fingerprint density at radius 2 is 2.30 bits per heavy atom. The van der Waals surface area contributed by atoms with E-state index in [0.717, 1.165) is 45.7 Å². The van der Waals surface area contributed by atoms with Crippen molar-refractivity contribution in [3.8, 4) is 10.7 Å². The van der Waals surface area contributed by atoms with Crippen LogP contribution in [0.2, 0.25) is 4.34 Å². The molecule has 6 heteroatoms. The summed E-state index contributed by atoms with van der Waals surface area (Å²) in [5, 5.41) is 0. The Hall–Kier alpha value is -1.43. The van der Waals surface area contributed by atoms with Gasteiger partial charge in [-0.3, -0.25) is 4.57 Å². The Kier molecular flexibility index (Phi) is 2.98. The van der Waals surface area contributed by atoms with Gasteiger partial charge in [0.1, 0.15) is 11.7 Å². The third-order valence-corrected chi connectivity index (χ3v) is 4.66. The van der Waals surface area contributed by atoms with Crippen LogP contribution in [0.25, 0.3) is 21.9 Å². The van der Waals surface area contributed by atoms with E-state index >= 15 is 0 Å². The molecule has 3 aromatic rings. The molecule has 4 rings (SSSR count). The fourth-order valence-electron chi connectivity index (χ4n) is 2.57. The summed E-state index contributed by atoms with van der Waals surface area (Å²) in [5.74, 6) is 0.891. The standard InChI is InChI=1S/C14H12ClN3OS/c15-11-6-5-10(20-11)14-17-9-3-1-7-16-13(9)18(14)12-4-2-8-19-12/h1,3,5-7,12H,2,4,8H2. The number of hydrogen-bond acceptors (Lipinski definition) is 4. The van der Waals surface area contributed by atoms with Gasteiger partial charge in [-0.1, -0.05) is 11.6 Å². The van der Waals surface area contributed by atoms with Gasteiger partial charge in [-0.15, -0.1) is 11.3 Å². The summed E-state index contributed by atoms with van der Waals surface area (Å²) >= 11 is 7.58. The molecule has 4 heterocycles. The van der Waals surface area contributed by atoms with E-state index in [4.69, 9.17) is 21.3 Å². The second kappa shape index (κ2) is 4.84. The van der Waals surface area contributed by atoms with E-state index in [9.17, 15) is 0 Å². The lowest BCUT2D eigenvalue weighted by Crippen LogP contribution is -2.09. The zero-order valence-corrected chi connectivity index (χ0v) is 12.2. The number of hydrogen-bond donors (Lipinski definition) is 0. The molecule has 0 aromatic carbocycles. The van der Waals surface area contributed by atoms with Crippen molar-refractivity contribution in [3.63, 3.8) is 0 Å². The highest BCUT2D eigenvalue weighted by molar-refractivity contribution is 7.19. The first kappa shape index (κ1) is 12.3. The van der Waals surface area contributed by atoms with E-state index in [1.54, 1.807) is 6.20 Å². The van der Waals surface area contributed by atoms with Gasteiger partial charge in [0.2, 0.25) is 0 Å². The molecule has 1 fully saturated rings. The number of aromatic nitrogens is 3. The Labute approximate surface area is 125 Å². The van der Waals surface area contributed by atoms with E-state index in [-0.39, 0.29) is 6.23 Å². The average molecular weight is 306 g/mol. The maximum absolute atomic E-state index is 6.06. The maximum atomic E-state index is 6.06. The SMILES string of the molecule is Clc1ccc(-c2nc3cccnc3n2C2CCCO2)s1. The van der Waals surface area contributed by atoms with Crippen molar-refractivity contribution in [2.45, 2.75) is 19.1 Å². The van der Waals surface area contributed by atoms with Crippen LogP contribution in [-0.4, -0.2) is 21.1 Å². The van der Waals surface area contributed by atoms with Crippen LogP contribution in [0.1, 0.15) is 19.1 Å². The van der Waals surface area contributed by atoms with E-state index in [1.807, 2.05) is 24.3 Å². The summed E-state index contributed by atoms with van der Waals surface area (Å²) in [7, 11) is 0. The molecule has 0 N–H and O–H groups in total. The number of nitrogens with zero attached hydrogens (tertiary/aromatic N) is 3. The lowest BCUT2D eigenvalue weighted by Gasteiger charge is -2.14. The highest BCUT2D eigenvalue weighted by Gasteiger charge is 2.25. The van der Waals surface area contributed by atoms with Crippen LogP contribution in [0.4, 0.5) is 0 Å². The van der Waals surface area contributed by atoms with E-state index in [0.29, 0.717) is 0 Å². The molecule has 102 valence electrons. The van der Waals surface area contributed by atoms with Crippen LogP contribution in [-0.2, 0) is 4.74 Å². The summed E-state index contributed by atoms with van der Waals surface area (Å²) in [4.78, 5) is 10.2. The van der Waals surface area contributed by atoms with Crippen LogP contribution in [0, 0.1) is 0 Å². The quantitative estimate of drug-likeness (QED) is 0.715. The summed E-state index contributed by atoms with van der Waals surface area (Å²) in [6, 6.07) is 7.78. The van der Waals surface area contributed by atoms with Crippen LogP contribution in [0.15, 0.2) is 30.5 Å². The highest BCUT2D eigenvalue weighted by atomic mass is 35.5. The van der Waals surface area contributed by atoms with Gasteiger partial charge in [0.05, 0.1) is 9.21 Å². The van der Waals surface area contributed by atoms with Crippen molar-refractivity contribution in [2.75, 3.05) is 6.61 Å². The molecule has 20 heavy (non-hydrogen) atoms.